The molecule has 1 saturated heterocycles. The maximum absolute atomic E-state index is 12.2. The lowest BCUT2D eigenvalue weighted by Crippen LogP contribution is -2.28. The van der Waals surface area contributed by atoms with E-state index in [1.54, 1.807) is 12.3 Å². The van der Waals surface area contributed by atoms with Crippen molar-refractivity contribution in [2.24, 2.45) is 10.2 Å². The molecule has 2 amide bonds. The minimum atomic E-state index is -0.687. The van der Waals surface area contributed by atoms with Crippen molar-refractivity contribution >= 4 is 46.3 Å². The zero-order chi connectivity index (χ0) is 19.9. The summed E-state index contributed by atoms with van der Waals surface area (Å²) in [6, 6.07) is 15.2. The molecule has 142 valence electrons. The first kappa shape index (κ1) is 19.2. The summed E-state index contributed by atoms with van der Waals surface area (Å²) >= 11 is 1.08. The van der Waals surface area contributed by atoms with Gasteiger partial charge in [-0.15, -0.1) is 5.10 Å². The summed E-state index contributed by atoms with van der Waals surface area (Å²) in [6.45, 7) is 0. The summed E-state index contributed by atoms with van der Waals surface area (Å²) in [7, 11) is 0. The first-order valence-corrected chi connectivity index (χ1v) is 9.08. The van der Waals surface area contributed by atoms with Gasteiger partial charge in [0.2, 0.25) is 11.8 Å². The van der Waals surface area contributed by atoms with Gasteiger partial charge in [0.05, 0.1) is 11.1 Å². The minimum Gasteiger partial charge on any atom is -0.320 e. The number of carbonyl (C=O) groups is 2. The van der Waals surface area contributed by atoms with E-state index in [4.69, 9.17) is 0 Å². The fourth-order valence-corrected chi connectivity index (χ4v) is 3.31. The van der Waals surface area contributed by atoms with Crippen molar-refractivity contribution in [3.63, 3.8) is 0 Å². The van der Waals surface area contributed by atoms with Crippen LogP contribution in [0, 0.1) is 10.1 Å². The van der Waals surface area contributed by atoms with Gasteiger partial charge >= 0.3 is 0 Å². The second-order valence-electron chi connectivity index (χ2n) is 5.68. The van der Waals surface area contributed by atoms with Gasteiger partial charge in [0, 0.05) is 12.5 Å². The first-order chi connectivity index (χ1) is 13.5. The summed E-state index contributed by atoms with van der Waals surface area (Å²) in [5.41, 5.74) is 0.737. The smallest absolute Gasteiger partial charge is 0.292 e. The van der Waals surface area contributed by atoms with Gasteiger partial charge in [-0.3, -0.25) is 19.7 Å². The molecule has 2 N–H and O–H groups in total. The summed E-state index contributed by atoms with van der Waals surface area (Å²) in [5.74, 6) is -0.868. The second-order valence-corrected chi connectivity index (χ2v) is 6.87. The Morgan fingerprint density at radius 3 is 2.68 bits per heavy atom. The number of rotatable bonds is 6. The van der Waals surface area contributed by atoms with Gasteiger partial charge in [-0.2, -0.15) is 5.10 Å². The lowest BCUT2D eigenvalue weighted by atomic mass is 10.2. The Bertz CT molecular complexity index is 961. The summed E-state index contributed by atoms with van der Waals surface area (Å²) in [6.07, 6.45) is 1.40. The molecule has 28 heavy (non-hydrogen) atoms. The Morgan fingerprint density at radius 2 is 1.93 bits per heavy atom. The molecule has 1 heterocycles. The number of nitro benzene ring substituents is 1. The van der Waals surface area contributed by atoms with Crippen LogP contribution in [-0.2, 0) is 9.59 Å². The van der Waals surface area contributed by atoms with Gasteiger partial charge in [-0.1, -0.05) is 54.2 Å². The zero-order valence-electron chi connectivity index (χ0n) is 14.4. The van der Waals surface area contributed by atoms with E-state index < -0.39 is 16.1 Å². The molecule has 9 nitrogen and oxygen atoms in total. The highest BCUT2D eigenvalue weighted by molar-refractivity contribution is 8.15. The van der Waals surface area contributed by atoms with Crippen LogP contribution in [0.5, 0.6) is 0 Å². The fourth-order valence-electron chi connectivity index (χ4n) is 2.38. The Hall–Kier alpha value is -3.53. The molecule has 1 atom stereocenters. The quantitative estimate of drug-likeness (QED) is 0.440. The Kier molecular flexibility index (Phi) is 6.12. The van der Waals surface area contributed by atoms with E-state index >= 15 is 0 Å². The van der Waals surface area contributed by atoms with Crippen molar-refractivity contribution < 1.29 is 14.5 Å². The standard InChI is InChI=1S/C18H15N5O4S/c24-16(20-13-8-4-5-9-14(13)23(26)27)10-15-17(25)21-18(28-15)22-19-11-12-6-2-1-3-7-12/h1-9,11,15H,10H2,(H,20,24)(H,21,22,25). The highest BCUT2D eigenvalue weighted by atomic mass is 32.2. The van der Waals surface area contributed by atoms with Crippen molar-refractivity contribution in [1.82, 2.24) is 5.32 Å². The van der Waals surface area contributed by atoms with Crippen molar-refractivity contribution in [3.8, 4) is 0 Å². The summed E-state index contributed by atoms with van der Waals surface area (Å²) in [5, 5.41) is 23.5. The molecule has 10 heteroatoms. The average Bonchev–Trinajstić information content (AvgIpc) is 3.02. The molecule has 0 spiro atoms. The maximum atomic E-state index is 12.2. The van der Waals surface area contributed by atoms with E-state index in [9.17, 15) is 19.7 Å². The van der Waals surface area contributed by atoms with Crippen molar-refractivity contribution in [2.45, 2.75) is 11.7 Å². The van der Waals surface area contributed by atoms with Crippen LogP contribution in [0.25, 0.3) is 0 Å². The molecule has 0 saturated carbocycles. The number of amidine groups is 1. The number of nitro groups is 1. The number of anilines is 1. The first-order valence-electron chi connectivity index (χ1n) is 8.20. The largest absolute Gasteiger partial charge is 0.320 e. The molecule has 0 aromatic heterocycles. The third-order valence-corrected chi connectivity index (χ3v) is 4.75. The maximum Gasteiger partial charge on any atom is 0.292 e. The van der Waals surface area contributed by atoms with Crippen molar-refractivity contribution in [1.29, 1.82) is 0 Å². The van der Waals surface area contributed by atoms with Crippen LogP contribution in [0.1, 0.15) is 12.0 Å². The molecular formula is C18H15N5O4S. The lowest BCUT2D eigenvalue weighted by Gasteiger charge is -2.07. The van der Waals surface area contributed by atoms with Crippen LogP contribution in [-0.4, -0.2) is 33.4 Å². The van der Waals surface area contributed by atoms with E-state index in [0.717, 1.165) is 17.3 Å². The predicted octanol–water partition coefficient (Wildman–Crippen LogP) is 2.55. The number of carbonyl (C=O) groups excluding carboxylic acids is 2. The third-order valence-electron chi connectivity index (χ3n) is 3.68. The molecule has 2 aromatic carbocycles. The van der Waals surface area contributed by atoms with E-state index in [1.807, 2.05) is 30.3 Å². The van der Waals surface area contributed by atoms with E-state index in [2.05, 4.69) is 20.8 Å². The number of benzene rings is 2. The van der Waals surface area contributed by atoms with E-state index in [1.165, 1.54) is 18.2 Å². The van der Waals surface area contributed by atoms with Crippen LogP contribution >= 0.6 is 11.8 Å². The molecule has 1 fully saturated rings. The van der Waals surface area contributed by atoms with Gasteiger partial charge < -0.3 is 10.6 Å². The number of thioether (sulfide) groups is 1. The van der Waals surface area contributed by atoms with Crippen LogP contribution in [0.15, 0.2) is 64.8 Å². The molecule has 0 aliphatic carbocycles. The molecule has 0 bridgehead atoms. The van der Waals surface area contributed by atoms with Crippen molar-refractivity contribution in [3.05, 3.63) is 70.3 Å². The van der Waals surface area contributed by atoms with E-state index in [-0.39, 0.29) is 23.7 Å². The fraction of sp³-hybridized carbons (Fsp3) is 0.111. The second kappa shape index (κ2) is 8.91. The third kappa shape index (κ3) is 5.01. The SMILES string of the molecule is O=C(CC1SC(=NN=Cc2ccccc2)NC1=O)Nc1ccccc1[N+](=O)[O-]. The topological polar surface area (TPSA) is 126 Å². The van der Waals surface area contributed by atoms with Crippen molar-refractivity contribution in [2.75, 3.05) is 5.32 Å². The van der Waals surface area contributed by atoms with E-state index in [0.29, 0.717) is 5.17 Å². The number of nitrogens with one attached hydrogen (secondary N) is 2. The van der Waals surface area contributed by atoms with Gasteiger partial charge in [0.25, 0.3) is 5.69 Å². The van der Waals surface area contributed by atoms with Crippen LogP contribution in [0.2, 0.25) is 0 Å². The zero-order valence-corrected chi connectivity index (χ0v) is 15.3. The van der Waals surface area contributed by atoms with Gasteiger partial charge in [0.1, 0.15) is 10.9 Å². The molecule has 1 aliphatic rings. The molecule has 1 unspecified atom stereocenters. The number of amides is 2. The number of para-hydroxylation sites is 2. The normalized spacial score (nSPS) is 17.6. The minimum absolute atomic E-state index is 0.0854. The van der Waals surface area contributed by atoms with Gasteiger partial charge in [-0.05, 0) is 11.6 Å². The monoisotopic (exact) mass is 397 g/mol. The lowest BCUT2D eigenvalue weighted by molar-refractivity contribution is -0.383. The van der Waals surface area contributed by atoms with Crippen LogP contribution < -0.4 is 10.6 Å². The molecule has 0 radical (unpaired) electrons. The van der Waals surface area contributed by atoms with Crippen LogP contribution in [0.4, 0.5) is 11.4 Å². The summed E-state index contributed by atoms with van der Waals surface area (Å²) < 4.78 is 0. The molecule has 1 aliphatic heterocycles. The van der Waals surface area contributed by atoms with Gasteiger partial charge in [0.15, 0.2) is 5.17 Å². The summed E-state index contributed by atoms with van der Waals surface area (Å²) in [4.78, 5) is 34.6. The highest BCUT2D eigenvalue weighted by Crippen LogP contribution is 2.26. The number of hydrogen-bond acceptors (Lipinski definition) is 7. The Labute approximate surface area is 164 Å². The Balaban J connectivity index is 1.59. The van der Waals surface area contributed by atoms with Crippen LogP contribution in [0.3, 0.4) is 0 Å². The predicted molar refractivity (Wildman–Crippen MR) is 107 cm³/mol. The average molecular weight is 397 g/mol. The Morgan fingerprint density at radius 1 is 1.21 bits per heavy atom. The highest BCUT2D eigenvalue weighted by Gasteiger charge is 2.32. The number of hydrogen-bond donors (Lipinski definition) is 2. The molecule has 3 rings (SSSR count). The molecular weight excluding hydrogens is 382 g/mol. The van der Waals surface area contributed by atoms with Gasteiger partial charge in [-0.25, -0.2) is 0 Å². The molecule has 2 aromatic rings. The number of nitrogens with zero attached hydrogens (tertiary/aromatic N) is 3.